The molecular formula is C65H123NO10. The Bertz CT molecular complexity index is 1330. The molecule has 0 aliphatic carbocycles. The average Bonchev–Trinajstić information content (AvgIpc) is 3.42. The van der Waals surface area contributed by atoms with E-state index in [0.717, 1.165) is 44.9 Å². The number of allylic oxidation sites excluding steroid dienone is 6. The van der Waals surface area contributed by atoms with Crippen molar-refractivity contribution < 1.29 is 50.0 Å². The van der Waals surface area contributed by atoms with Gasteiger partial charge < -0.3 is 50.5 Å². The highest BCUT2D eigenvalue weighted by molar-refractivity contribution is 5.80. The minimum Gasteiger partial charge on any atom is -0.394 e. The van der Waals surface area contributed by atoms with Gasteiger partial charge in [-0.2, -0.15) is 0 Å². The van der Waals surface area contributed by atoms with E-state index in [1.807, 2.05) is 0 Å². The van der Waals surface area contributed by atoms with Crippen LogP contribution >= 0.6 is 0 Å². The van der Waals surface area contributed by atoms with Crippen LogP contribution < -0.4 is 5.32 Å². The van der Waals surface area contributed by atoms with Crippen LogP contribution in [-0.4, -0.2) is 110 Å². The Morgan fingerprint density at radius 3 is 1.17 bits per heavy atom. The van der Waals surface area contributed by atoms with Gasteiger partial charge in [0.2, 0.25) is 5.91 Å². The maximum Gasteiger partial charge on any atom is 0.249 e. The minimum atomic E-state index is -1.67. The van der Waals surface area contributed by atoms with Gasteiger partial charge in [0.1, 0.15) is 36.6 Å². The number of rotatable bonds is 56. The Morgan fingerprint density at radius 1 is 0.447 bits per heavy atom. The molecule has 1 saturated heterocycles. The van der Waals surface area contributed by atoms with E-state index in [2.05, 4.69) is 55.6 Å². The van der Waals surface area contributed by atoms with E-state index in [4.69, 9.17) is 9.47 Å². The van der Waals surface area contributed by atoms with Crippen LogP contribution in [0.4, 0.5) is 0 Å². The fourth-order valence-corrected chi connectivity index (χ4v) is 10.4. The summed E-state index contributed by atoms with van der Waals surface area (Å²) in [6, 6.07) is -1.19. The Hall–Kier alpha value is -1.67. The highest BCUT2D eigenvalue weighted by Gasteiger charge is 2.44. The van der Waals surface area contributed by atoms with Crippen molar-refractivity contribution in [1.29, 1.82) is 0 Å². The molecule has 9 atom stereocenters. The van der Waals surface area contributed by atoms with Crippen LogP contribution in [0.15, 0.2) is 36.5 Å². The van der Waals surface area contributed by atoms with Crippen molar-refractivity contribution in [2.45, 2.75) is 358 Å². The monoisotopic (exact) mass is 1080 g/mol. The van der Waals surface area contributed by atoms with E-state index >= 15 is 0 Å². The lowest BCUT2D eigenvalue weighted by Gasteiger charge is -2.40. The van der Waals surface area contributed by atoms with Gasteiger partial charge in [0.25, 0.3) is 0 Å². The SMILES string of the molecule is CCCCCC/C=C/CC/C=C/CC/C=C/CCCC(O)C(O)C(COC1OC(CO)C(O)C(O)C1O)NC(=O)C(O)CCCCCCCCCCCCCCCCCCCCCCCCCCCCCCCCCC. The summed E-state index contributed by atoms with van der Waals surface area (Å²) in [6.07, 6.45) is 56.6. The summed E-state index contributed by atoms with van der Waals surface area (Å²) >= 11 is 0. The minimum absolute atomic E-state index is 0.242. The van der Waals surface area contributed by atoms with E-state index in [1.54, 1.807) is 0 Å². The number of hydrogen-bond donors (Lipinski definition) is 8. The molecule has 448 valence electrons. The maximum atomic E-state index is 13.2. The summed E-state index contributed by atoms with van der Waals surface area (Å²) in [7, 11) is 0. The zero-order valence-electron chi connectivity index (χ0n) is 49.2. The van der Waals surface area contributed by atoms with E-state index in [1.165, 1.54) is 212 Å². The predicted octanol–water partition coefficient (Wildman–Crippen LogP) is 14.6. The molecule has 0 bridgehead atoms. The molecule has 76 heavy (non-hydrogen) atoms. The summed E-state index contributed by atoms with van der Waals surface area (Å²) in [5.41, 5.74) is 0. The van der Waals surface area contributed by atoms with Crippen molar-refractivity contribution in [3.05, 3.63) is 36.5 Å². The lowest BCUT2D eigenvalue weighted by molar-refractivity contribution is -0.303. The summed E-state index contributed by atoms with van der Waals surface area (Å²) in [6.45, 7) is 3.45. The molecule has 1 aliphatic heterocycles. The first-order valence-electron chi connectivity index (χ1n) is 32.4. The molecular weight excluding hydrogens is 955 g/mol. The Balaban J connectivity index is 2.20. The third-order valence-corrected chi connectivity index (χ3v) is 15.7. The van der Waals surface area contributed by atoms with Crippen LogP contribution in [0.25, 0.3) is 0 Å². The molecule has 11 nitrogen and oxygen atoms in total. The van der Waals surface area contributed by atoms with Crippen molar-refractivity contribution in [3.8, 4) is 0 Å². The van der Waals surface area contributed by atoms with Gasteiger partial charge in [0.15, 0.2) is 6.29 Å². The second-order valence-electron chi connectivity index (χ2n) is 22.8. The molecule has 1 fully saturated rings. The molecule has 1 heterocycles. The first-order valence-corrected chi connectivity index (χ1v) is 32.4. The van der Waals surface area contributed by atoms with Crippen molar-refractivity contribution in [2.24, 2.45) is 0 Å². The van der Waals surface area contributed by atoms with E-state index in [-0.39, 0.29) is 12.8 Å². The van der Waals surface area contributed by atoms with Gasteiger partial charge in [-0.1, -0.05) is 275 Å². The fraction of sp³-hybridized carbons (Fsp3) is 0.892. The molecule has 8 N–H and O–H groups in total. The average molecular weight is 1080 g/mol. The van der Waals surface area contributed by atoms with Crippen LogP contribution in [0, 0.1) is 0 Å². The number of carbonyl (C=O) groups is 1. The molecule has 1 rings (SSSR count). The number of ether oxygens (including phenoxy) is 2. The van der Waals surface area contributed by atoms with Gasteiger partial charge in [-0.15, -0.1) is 0 Å². The quantitative estimate of drug-likeness (QED) is 0.0215. The van der Waals surface area contributed by atoms with E-state index in [0.29, 0.717) is 19.3 Å². The smallest absolute Gasteiger partial charge is 0.249 e. The van der Waals surface area contributed by atoms with Crippen LogP contribution in [0.2, 0.25) is 0 Å². The first kappa shape index (κ1) is 72.3. The third kappa shape index (κ3) is 41.4. The molecule has 0 aromatic rings. The summed E-state index contributed by atoms with van der Waals surface area (Å²) in [5, 5.41) is 76.2. The van der Waals surface area contributed by atoms with Gasteiger partial charge in [-0.05, 0) is 64.2 Å². The third-order valence-electron chi connectivity index (χ3n) is 15.7. The summed E-state index contributed by atoms with van der Waals surface area (Å²) in [4.78, 5) is 13.2. The van der Waals surface area contributed by atoms with Gasteiger partial charge in [-0.3, -0.25) is 4.79 Å². The zero-order chi connectivity index (χ0) is 55.4. The Kier molecular flexibility index (Phi) is 51.3. The van der Waals surface area contributed by atoms with Crippen molar-refractivity contribution in [1.82, 2.24) is 5.32 Å². The predicted molar refractivity (Wildman–Crippen MR) is 316 cm³/mol. The molecule has 11 heteroatoms. The standard InChI is InChI=1S/C65H123NO10/c1-3-5-7-9-11-13-15-17-19-21-22-23-24-25-26-27-28-29-30-31-32-33-34-35-37-39-41-43-45-47-49-51-53-58(69)64(74)66-56(55-75-65-63(73)62(72)61(71)59(54-67)76-65)60(70)57(68)52-50-48-46-44-42-40-38-36-20-18-16-14-12-10-8-6-4-2/h14,16,36,38,44,46,56-63,65,67-73H,3-13,15,17-35,37,39-43,45,47-55H2,1-2H3,(H,66,74)/b16-14+,38-36+,46-44+. The molecule has 1 amide bonds. The molecule has 0 aromatic carbocycles. The zero-order valence-corrected chi connectivity index (χ0v) is 49.2. The van der Waals surface area contributed by atoms with Crippen LogP contribution in [0.3, 0.4) is 0 Å². The highest BCUT2D eigenvalue weighted by atomic mass is 16.7. The lowest BCUT2D eigenvalue weighted by atomic mass is 9.98. The summed E-state index contributed by atoms with van der Waals surface area (Å²) < 4.78 is 11.1. The lowest BCUT2D eigenvalue weighted by Crippen LogP contribution is -2.60. The largest absolute Gasteiger partial charge is 0.394 e. The Morgan fingerprint density at radius 2 is 0.789 bits per heavy atom. The molecule has 0 spiro atoms. The van der Waals surface area contributed by atoms with Gasteiger partial charge >= 0.3 is 0 Å². The summed E-state index contributed by atoms with van der Waals surface area (Å²) in [5.74, 6) is -0.708. The fourth-order valence-electron chi connectivity index (χ4n) is 10.4. The molecule has 0 saturated carbocycles. The molecule has 1 aliphatic rings. The second-order valence-corrected chi connectivity index (χ2v) is 22.8. The van der Waals surface area contributed by atoms with Gasteiger partial charge in [-0.25, -0.2) is 0 Å². The number of carbonyl (C=O) groups excluding carboxylic acids is 1. The van der Waals surface area contributed by atoms with Crippen molar-refractivity contribution >= 4 is 5.91 Å². The molecule has 9 unspecified atom stereocenters. The first-order chi connectivity index (χ1) is 37.2. The van der Waals surface area contributed by atoms with E-state index < -0.39 is 74.2 Å². The number of aliphatic hydroxyl groups excluding tert-OH is 7. The normalized spacial score (nSPS) is 19.8. The second kappa shape index (κ2) is 53.9. The van der Waals surface area contributed by atoms with Crippen molar-refractivity contribution in [2.75, 3.05) is 13.2 Å². The van der Waals surface area contributed by atoms with Crippen LogP contribution in [-0.2, 0) is 14.3 Å². The maximum absolute atomic E-state index is 13.2. The van der Waals surface area contributed by atoms with Gasteiger partial charge in [0.05, 0.1) is 25.4 Å². The number of hydrogen-bond acceptors (Lipinski definition) is 10. The van der Waals surface area contributed by atoms with Crippen molar-refractivity contribution in [3.63, 3.8) is 0 Å². The number of nitrogens with one attached hydrogen (secondary N) is 1. The number of unbranched alkanes of at least 4 members (excludes halogenated alkanes) is 38. The molecule has 0 radical (unpaired) electrons. The number of aliphatic hydroxyl groups is 7. The number of amides is 1. The highest BCUT2D eigenvalue weighted by Crippen LogP contribution is 2.24. The molecule has 0 aromatic heterocycles. The van der Waals surface area contributed by atoms with Crippen LogP contribution in [0.1, 0.15) is 303 Å². The topological polar surface area (TPSA) is 189 Å². The van der Waals surface area contributed by atoms with Gasteiger partial charge in [0, 0.05) is 0 Å². The Labute approximate surface area is 467 Å². The van der Waals surface area contributed by atoms with E-state index in [9.17, 15) is 40.5 Å². The van der Waals surface area contributed by atoms with Crippen LogP contribution in [0.5, 0.6) is 0 Å².